The fourth-order valence-electron chi connectivity index (χ4n) is 2.59. The normalized spacial score (nSPS) is 24.7. The molecule has 0 saturated carbocycles. The number of nitrogens with one attached hydrogen (secondary N) is 1. The first-order valence-electron chi connectivity index (χ1n) is 6.39. The number of amides is 2. The monoisotopic (exact) mass is 334 g/mol. The van der Waals surface area contributed by atoms with Crippen LogP contribution in [0.1, 0.15) is 13.3 Å². The Morgan fingerprint density at radius 3 is 2.68 bits per heavy atom. The van der Waals surface area contributed by atoms with Crippen molar-refractivity contribution in [3.8, 4) is 0 Å². The van der Waals surface area contributed by atoms with Crippen LogP contribution in [-0.4, -0.2) is 47.0 Å². The van der Waals surface area contributed by atoms with Crippen LogP contribution in [0.5, 0.6) is 0 Å². The zero-order valence-corrected chi connectivity index (χ0v) is 15.3. The molecule has 2 amide bonds. The molecule has 2 aliphatic rings. The molecule has 0 bridgehead atoms. The molecule has 0 aliphatic carbocycles. The molecule has 2 rings (SSSR count). The van der Waals surface area contributed by atoms with E-state index in [2.05, 4.69) is 5.32 Å². The Morgan fingerprint density at radius 1 is 1.55 bits per heavy atom. The van der Waals surface area contributed by atoms with Crippen LogP contribution in [-0.2, 0) is 14.4 Å². The van der Waals surface area contributed by atoms with Crippen molar-refractivity contribution in [2.45, 2.75) is 25.5 Å². The van der Waals surface area contributed by atoms with E-state index in [0.29, 0.717) is 11.3 Å². The van der Waals surface area contributed by atoms with Gasteiger partial charge in [-0.1, -0.05) is 0 Å². The summed E-state index contributed by atoms with van der Waals surface area (Å²) in [4.78, 5) is 35.9. The molecular weight excluding hydrogens is 319 g/mol. The molecule has 3 unspecified atom stereocenters. The van der Waals surface area contributed by atoms with Crippen molar-refractivity contribution in [1.82, 2.24) is 10.2 Å². The summed E-state index contributed by atoms with van der Waals surface area (Å²) in [7, 11) is 1.48. The first kappa shape index (κ1) is 19.2. The Labute approximate surface area is 154 Å². The van der Waals surface area contributed by atoms with E-state index >= 15 is 0 Å². The predicted molar refractivity (Wildman–Crippen MR) is 73.3 cm³/mol. The second kappa shape index (κ2) is 7.65. The van der Waals surface area contributed by atoms with Gasteiger partial charge in [-0.25, -0.2) is 0 Å². The van der Waals surface area contributed by atoms with Crippen molar-refractivity contribution in [1.29, 1.82) is 0 Å². The minimum Gasteiger partial charge on any atom is -0.543 e. The van der Waals surface area contributed by atoms with Crippen LogP contribution in [0.4, 0.5) is 0 Å². The number of hydrogen-bond donors (Lipinski definition) is 2. The summed E-state index contributed by atoms with van der Waals surface area (Å²) in [5, 5.41) is 24.7. The third kappa shape index (κ3) is 3.41. The number of β-lactam (4-membered cyclic amide) rings is 1. The number of carboxylic acid groups (broad SMARTS) is 1. The summed E-state index contributed by atoms with van der Waals surface area (Å²) >= 11 is 1.07. The molecule has 2 heterocycles. The van der Waals surface area contributed by atoms with Gasteiger partial charge in [0.15, 0.2) is 0 Å². The van der Waals surface area contributed by atoms with Crippen LogP contribution in [0.3, 0.4) is 0 Å². The average Bonchev–Trinajstić information content (AvgIpc) is 2.72. The molecule has 0 aromatic heterocycles. The predicted octanol–water partition coefficient (Wildman–Crippen LogP) is -4.44. The Balaban J connectivity index is 0.00000242. The van der Waals surface area contributed by atoms with Crippen molar-refractivity contribution in [2.24, 2.45) is 5.92 Å². The van der Waals surface area contributed by atoms with Crippen LogP contribution in [0.15, 0.2) is 22.1 Å². The first-order chi connectivity index (χ1) is 9.88. The number of thioether (sulfide) groups is 1. The number of aliphatic carboxylic acids is 1. The van der Waals surface area contributed by atoms with Crippen LogP contribution in [0.2, 0.25) is 0 Å². The van der Waals surface area contributed by atoms with Gasteiger partial charge in [-0.05, 0) is 12.3 Å². The summed E-state index contributed by atoms with van der Waals surface area (Å²) in [5.74, 6) is -2.72. The smallest absolute Gasteiger partial charge is 0.543 e. The second-order valence-corrected chi connectivity index (χ2v) is 5.84. The number of nitrogens with zero attached hydrogens (tertiary/aromatic N) is 1. The molecule has 0 spiro atoms. The zero-order valence-electron chi connectivity index (χ0n) is 12.5. The molecule has 114 valence electrons. The van der Waals surface area contributed by atoms with E-state index in [-0.39, 0.29) is 47.2 Å². The summed E-state index contributed by atoms with van der Waals surface area (Å²) in [6, 6.07) is -0.346. The number of aliphatic hydroxyl groups is 1. The standard InChI is InChI=1S/C13H16N2O5S.Na/c1-6(16)10-7-5-8(21-4-3-9(17)14-2)11(13(19)20)15(7)12(10)18;/h3-4,6-7,10,16H,5H2,1-2H3,(H,14,17)(H,19,20);/q;+1/p-1. The molecule has 0 aromatic rings. The van der Waals surface area contributed by atoms with Crippen molar-refractivity contribution >= 4 is 29.5 Å². The Morgan fingerprint density at radius 2 is 2.18 bits per heavy atom. The SMILES string of the molecule is CNC(=O)C=CSC1=C(C(=O)[O-])N2C(=O)C(C(C)O)C2C1.[Na+]. The van der Waals surface area contributed by atoms with Gasteiger partial charge in [-0.3, -0.25) is 9.59 Å². The van der Waals surface area contributed by atoms with Crippen molar-refractivity contribution in [3.05, 3.63) is 22.1 Å². The van der Waals surface area contributed by atoms with E-state index in [1.807, 2.05) is 0 Å². The minimum atomic E-state index is -1.43. The number of carboxylic acids is 1. The van der Waals surface area contributed by atoms with E-state index in [1.165, 1.54) is 30.4 Å². The quantitative estimate of drug-likeness (QED) is 0.298. The van der Waals surface area contributed by atoms with Crippen molar-refractivity contribution in [2.75, 3.05) is 7.05 Å². The molecule has 9 heteroatoms. The van der Waals surface area contributed by atoms with E-state index in [0.717, 1.165) is 11.8 Å². The van der Waals surface area contributed by atoms with Gasteiger partial charge >= 0.3 is 29.6 Å². The topological polar surface area (TPSA) is 110 Å². The molecule has 2 N–H and O–H groups in total. The summed E-state index contributed by atoms with van der Waals surface area (Å²) in [6.45, 7) is 1.51. The fraction of sp³-hybridized carbons (Fsp3) is 0.462. The van der Waals surface area contributed by atoms with Crippen LogP contribution in [0.25, 0.3) is 0 Å². The van der Waals surface area contributed by atoms with Gasteiger partial charge in [0.25, 0.3) is 0 Å². The van der Waals surface area contributed by atoms with Crippen molar-refractivity contribution in [3.63, 3.8) is 0 Å². The molecule has 22 heavy (non-hydrogen) atoms. The number of carbonyl (C=O) groups excluding carboxylic acids is 3. The van der Waals surface area contributed by atoms with Gasteiger partial charge in [0, 0.05) is 24.4 Å². The second-order valence-electron chi connectivity index (χ2n) is 4.84. The van der Waals surface area contributed by atoms with Crippen LogP contribution in [0, 0.1) is 5.92 Å². The molecule has 1 fully saturated rings. The van der Waals surface area contributed by atoms with Gasteiger partial charge in [-0.15, -0.1) is 11.8 Å². The maximum absolute atomic E-state index is 11.9. The molecule has 3 atom stereocenters. The Hall–Kier alpha value is -0.800. The van der Waals surface area contributed by atoms with Crippen molar-refractivity contribution < 1.29 is 54.2 Å². The third-order valence-corrected chi connectivity index (χ3v) is 4.47. The molecular formula is C13H15N2NaO5S. The van der Waals surface area contributed by atoms with Gasteiger partial charge in [0.1, 0.15) is 0 Å². The number of likely N-dealkylation sites (N-methyl/N-ethyl adjacent to an activating group) is 1. The Kier molecular flexibility index (Phi) is 6.69. The third-order valence-electron chi connectivity index (χ3n) is 3.56. The number of carbonyl (C=O) groups is 3. The molecule has 0 aromatic carbocycles. The number of aliphatic hydroxyl groups excluding tert-OH is 1. The van der Waals surface area contributed by atoms with Crippen LogP contribution < -0.4 is 40.0 Å². The molecule has 7 nitrogen and oxygen atoms in total. The van der Waals surface area contributed by atoms with E-state index in [9.17, 15) is 24.6 Å². The Bertz CT molecular complexity index is 561. The zero-order chi connectivity index (χ0) is 15.7. The number of rotatable bonds is 5. The largest absolute Gasteiger partial charge is 1.00 e. The van der Waals surface area contributed by atoms with Gasteiger partial charge in [0.2, 0.25) is 11.8 Å². The van der Waals surface area contributed by atoms with Gasteiger partial charge in [0.05, 0.1) is 29.7 Å². The summed E-state index contributed by atoms with van der Waals surface area (Å²) in [5.41, 5.74) is -0.159. The van der Waals surface area contributed by atoms with E-state index in [4.69, 9.17) is 0 Å². The maximum Gasteiger partial charge on any atom is 1.00 e. The van der Waals surface area contributed by atoms with E-state index < -0.39 is 23.9 Å². The van der Waals surface area contributed by atoms with Gasteiger partial charge in [-0.2, -0.15) is 0 Å². The molecule has 0 radical (unpaired) electrons. The maximum atomic E-state index is 11.9. The van der Waals surface area contributed by atoms with E-state index in [1.54, 1.807) is 0 Å². The number of hydrogen-bond acceptors (Lipinski definition) is 6. The first-order valence-corrected chi connectivity index (χ1v) is 7.27. The minimum absolute atomic E-state index is 0. The summed E-state index contributed by atoms with van der Waals surface area (Å²) < 4.78 is 0. The molecule has 2 aliphatic heterocycles. The summed E-state index contributed by atoms with van der Waals surface area (Å²) in [6.07, 6.45) is 0.786. The fourth-order valence-corrected chi connectivity index (χ4v) is 3.50. The average molecular weight is 334 g/mol. The van der Waals surface area contributed by atoms with Crippen LogP contribution >= 0.6 is 11.8 Å². The molecule has 1 saturated heterocycles. The van der Waals surface area contributed by atoms with Gasteiger partial charge < -0.3 is 25.2 Å². The number of fused-ring (bicyclic) bond motifs is 1.